The Morgan fingerprint density at radius 2 is 1.84 bits per heavy atom. The quantitative estimate of drug-likeness (QED) is 0.168. The minimum Gasteiger partial charge on any atom is -0.381 e. The Balaban J connectivity index is 1.63. The number of rotatable bonds is 9. The molecule has 1 unspecified atom stereocenters. The molecule has 2 aliphatic carbocycles. The molecule has 0 N–H and O–H groups in total. The van der Waals surface area contributed by atoms with Crippen molar-refractivity contribution in [2.24, 2.45) is 11.3 Å². The lowest BCUT2D eigenvalue weighted by Gasteiger charge is -2.39. The predicted molar refractivity (Wildman–Crippen MR) is 164 cm³/mol. The average Bonchev–Trinajstić information content (AvgIpc) is 3.73. The number of likely N-dealkylation sites (tertiary alicyclic amines) is 1. The van der Waals surface area contributed by atoms with Crippen molar-refractivity contribution in [2.45, 2.75) is 97.8 Å². The highest BCUT2D eigenvalue weighted by Gasteiger charge is 2.49. The second-order valence-corrected chi connectivity index (χ2v) is 15.2. The third kappa shape index (κ3) is 8.54. The molecule has 1 aromatic rings. The van der Waals surface area contributed by atoms with Gasteiger partial charge in [-0.25, -0.2) is 0 Å². The minimum atomic E-state index is -5.79. The summed E-state index contributed by atoms with van der Waals surface area (Å²) in [4.78, 5) is 18.6. The molecule has 0 radical (unpaired) electrons. The summed E-state index contributed by atoms with van der Waals surface area (Å²) in [6.45, 7) is 15.9. The van der Waals surface area contributed by atoms with Gasteiger partial charge in [-0.2, -0.15) is 21.6 Å². The molecule has 1 amide bonds. The second-order valence-electron chi connectivity index (χ2n) is 13.7. The van der Waals surface area contributed by atoms with E-state index in [1.165, 1.54) is 23.3 Å². The molecular formula is C33H45F3N2O5S. The molecule has 1 aliphatic heterocycles. The van der Waals surface area contributed by atoms with E-state index in [-0.39, 0.29) is 29.7 Å². The van der Waals surface area contributed by atoms with Crippen LogP contribution in [0.4, 0.5) is 13.2 Å². The van der Waals surface area contributed by atoms with Gasteiger partial charge in [-0.05, 0) is 83.6 Å². The van der Waals surface area contributed by atoms with Gasteiger partial charge in [-0.15, -0.1) is 0 Å². The van der Waals surface area contributed by atoms with Crippen molar-refractivity contribution in [3.63, 3.8) is 0 Å². The summed E-state index contributed by atoms with van der Waals surface area (Å²) in [6.07, 6.45) is 8.84. The van der Waals surface area contributed by atoms with Crippen LogP contribution in [0.2, 0.25) is 0 Å². The number of halogens is 3. The Kier molecular flexibility index (Phi) is 9.84. The highest BCUT2D eigenvalue weighted by molar-refractivity contribution is 7.87. The highest BCUT2D eigenvalue weighted by Crippen LogP contribution is 2.40. The van der Waals surface area contributed by atoms with Crippen LogP contribution < -0.4 is 0 Å². The normalized spacial score (nSPS) is 24.4. The molecule has 0 spiro atoms. The number of carbonyl (C=O) groups is 1. The Morgan fingerprint density at radius 3 is 2.45 bits per heavy atom. The van der Waals surface area contributed by atoms with Crippen molar-refractivity contribution in [3.8, 4) is 0 Å². The Hall–Kier alpha value is -2.63. The maximum absolute atomic E-state index is 14.5. The SMILES string of the molecule is Cc1cc(C)c(C)c(CN(C(=O)[C@H]2CN(COC(C)(C)C)CC/C2=C/C2(C)C=CC=C(OS(=O)(=O)C(F)(F)F)C2)C2CC2)c1. The molecule has 44 heavy (non-hydrogen) atoms. The molecule has 2 fully saturated rings. The van der Waals surface area contributed by atoms with Gasteiger partial charge in [0.05, 0.1) is 18.2 Å². The van der Waals surface area contributed by atoms with E-state index in [0.29, 0.717) is 32.8 Å². The Labute approximate surface area is 259 Å². The van der Waals surface area contributed by atoms with Gasteiger partial charge in [0.2, 0.25) is 5.91 Å². The van der Waals surface area contributed by atoms with Crippen LogP contribution in [0.25, 0.3) is 0 Å². The van der Waals surface area contributed by atoms with Crippen LogP contribution in [0.1, 0.15) is 75.6 Å². The summed E-state index contributed by atoms with van der Waals surface area (Å²) >= 11 is 0. The number of carbonyl (C=O) groups excluding carboxylic acids is 1. The van der Waals surface area contributed by atoms with Gasteiger partial charge in [0, 0.05) is 37.5 Å². The van der Waals surface area contributed by atoms with Crippen molar-refractivity contribution in [1.82, 2.24) is 9.80 Å². The van der Waals surface area contributed by atoms with E-state index in [2.05, 4.69) is 42.0 Å². The molecule has 1 saturated heterocycles. The molecule has 0 bridgehead atoms. The summed E-state index contributed by atoms with van der Waals surface area (Å²) in [5, 5.41) is 0. The fourth-order valence-corrected chi connectivity index (χ4v) is 6.32. The smallest absolute Gasteiger partial charge is 0.381 e. The summed E-state index contributed by atoms with van der Waals surface area (Å²) in [5.74, 6) is -0.765. The number of benzene rings is 1. The number of alkyl halides is 3. The van der Waals surface area contributed by atoms with Crippen LogP contribution in [-0.4, -0.2) is 61.1 Å². The molecule has 3 aliphatic rings. The zero-order valence-electron chi connectivity index (χ0n) is 26.8. The lowest BCUT2D eigenvalue weighted by molar-refractivity contribution is -0.138. The van der Waals surface area contributed by atoms with Crippen molar-refractivity contribution in [2.75, 3.05) is 19.8 Å². The zero-order valence-corrected chi connectivity index (χ0v) is 27.6. The number of piperidine rings is 1. The van der Waals surface area contributed by atoms with E-state index in [1.54, 1.807) is 13.0 Å². The van der Waals surface area contributed by atoms with Crippen LogP contribution in [0.3, 0.4) is 0 Å². The van der Waals surface area contributed by atoms with E-state index < -0.39 is 27.0 Å². The van der Waals surface area contributed by atoms with Crippen LogP contribution in [-0.2, 0) is 30.4 Å². The molecule has 1 aromatic carbocycles. The summed E-state index contributed by atoms with van der Waals surface area (Å²) < 4.78 is 73.0. The number of hydrogen-bond acceptors (Lipinski definition) is 6. The molecule has 1 saturated carbocycles. The van der Waals surface area contributed by atoms with Gasteiger partial charge in [0.15, 0.2) is 0 Å². The van der Waals surface area contributed by atoms with Gasteiger partial charge in [0.25, 0.3) is 0 Å². The third-order valence-corrected chi connectivity index (χ3v) is 9.44. The number of aryl methyl sites for hydroxylation is 2. The summed E-state index contributed by atoms with van der Waals surface area (Å²) in [5.41, 5.74) is -1.22. The molecule has 2 atom stereocenters. The minimum absolute atomic E-state index is 0.0211. The van der Waals surface area contributed by atoms with Crippen LogP contribution in [0, 0.1) is 32.1 Å². The summed E-state index contributed by atoms with van der Waals surface area (Å²) in [7, 11) is -5.79. The monoisotopic (exact) mass is 638 g/mol. The van der Waals surface area contributed by atoms with Crippen LogP contribution in [0.5, 0.6) is 0 Å². The zero-order chi connectivity index (χ0) is 32.7. The standard InChI is InChI=1S/C33H45F3N2O5S/c1-22-15-23(2)24(3)26(16-22)19-38(27-10-11-27)30(39)29-20-37(21-42-31(4,5)6)14-12-25(29)17-32(7)13-8-9-28(18-32)43-44(40,41)33(34,35)36/h8-9,13,15-17,27,29H,10-12,14,18-21H2,1-7H3/b25-17-/t29-,32?/m0/s1. The highest BCUT2D eigenvalue weighted by atomic mass is 32.2. The lowest BCUT2D eigenvalue weighted by Crippen LogP contribution is -2.48. The fourth-order valence-electron chi connectivity index (χ4n) is 5.83. The maximum Gasteiger partial charge on any atom is 0.534 e. The van der Waals surface area contributed by atoms with Crippen LogP contribution >= 0.6 is 0 Å². The molecule has 7 nitrogen and oxygen atoms in total. The summed E-state index contributed by atoms with van der Waals surface area (Å²) in [6, 6.07) is 4.44. The van der Waals surface area contributed by atoms with Gasteiger partial charge < -0.3 is 13.8 Å². The first-order valence-corrected chi connectivity index (χ1v) is 16.5. The first-order chi connectivity index (χ1) is 20.3. The molecule has 0 aromatic heterocycles. The predicted octanol–water partition coefficient (Wildman–Crippen LogP) is 6.84. The molecule has 1 heterocycles. The van der Waals surface area contributed by atoms with Crippen LogP contribution in [0.15, 0.2) is 47.8 Å². The van der Waals surface area contributed by atoms with Gasteiger partial charge in [-0.1, -0.05) is 48.4 Å². The first kappa shape index (κ1) is 34.2. The first-order valence-electron chi connectivity index (χ1n) is 15.1. The van der Waals surface area contributed by atoms with E-state index >= 15 is 0 Å². The second kappa shape index (κ2) is 12.6. The van der Waals surface area contributed by atoms with E-state index in [4.69, 9.17) is 4.74 Å². The topological polar surface area (TPSA) is 76.2 Å². The van der Waals surface area contributed by atoms with Crippen molar-refractivity contribution in [1.29, 1.82) is 0 Å². The van der Waals surface area contributed by atoms with Gasteiger partial charge >= 0.3 is 15.6 Å². The molecule has 244 valence electrons. The number of amides is 1. The number of ether oxygens (including phenoxy) is 1. The Bertz CT molecular complexity index is 1450. The molecular weight excluding hydrogens is 593 g/mol. The molecule has 11 heteroatoms. The maximum atomic E-state index is 14.5. The van der Waals surface area contributed by atoms with Gasteiger partial charge in [-0.3, -0.25) is 9.69 Å². The lowest BCUT2D eigenvalue weighted by atomic mass is 9.77. The average molecular weight is 639 g/mol. The largest absolute Gasteiger partial charge is 0.534 e. The van der Waals surface area contributed by atoms with E-state index in [0.717, 1.165) is 29.5 Å². The Morgan fingerprint density at radius 1 is 1.16 bits per heavy atom. The van der Waals surface area contributed by atoms with Gasteiger partial charge in [0.1, 0.15) is 5.76 Å². The number of allylic oxidation sites excluding steroid dienone is 5. The fraction of sp³-hybridized carbons (Fsp3) is 0.606. The molecule has 4 rings (SSSR count). The van der Waals surface area contributed by atoms with E-state index in [1.807, 2.05) is 31.7 Å². The third-order valence-electron chi connectivity index (χ3n) is 8.44. The van der Waals surface area contributed by atoms with Crippen molar-refractivity contribution >= 4 is 16.0 Å². The number of hydrogen-bond donors (Lipinski definition) is 0. The number of nitrogens with zero attached hydrogens (tertiary/aromatic N) is 2. The van der Waals surface area contributed by atoms with Crippen molar-refractivity contribution in [3.05, 3.63) is 70.0 Å². The van der Waals surface area contributed by atoms with Crippen molar-refractivity contribution < 1.29 is 35.3 Å². The van der Waals surface area contributed by atoms with E-state index in [9.17, 15) is 26.4 Å².